The molecule has 0 aliphatic carbocycles. The smallest absolute Gasteiger partial charge is 0.262 e. The van der Waals surface area contributed by atoms with Crippen molar-refractivity contribution >= 4 is 28.6 Å². The SMILES string of the molecule is CCC1CCCCN1C(=O)CSc1nc2ccccc2c(=O)n1CCCOC. The lowest BCUT2D eigenvalue weighted by atomic mass is 10.0. The Hall–Kier alpha value is -1.86. The monoisotopic (exact) mass is 403 g/mol. The second kappa shape index (κ2) is 10.1. The van der Waals surface area contributed by atoms with Crippen molar-refractivity contribution in [3.8, 4) is 0 Å². The van der Waals surface area contributed by atoms with Crippen LogP contribution in [0.3, 0.4) is 0 Å². The number of aromatic nitrogens is 2. The third-order valence-corrected chi connectivity index (χ3v) is 6.26. The van der Waals surface area contributed by atoms with Crippen LogP contribution in [-0.2, 0) is 16.1 Å². The molecule has 1 aliphatic rings. The lowest BCUT2D eigenvalue weighted by Crippen LogP contribution is -2.44. The third-order valence-electron chi connectivity index (χ3n) is 5.30. The highest BCUT2D eigenvalue weighted by molar-refractivity contribution is 7.99. The molecule has 0 spiro atoms. The second-order valence-electron chi connectivity index (χ2n) is 7.15. The summed E-state index contributed by atoms with van der Waals surface area (Å²) in [5.74, 6) is 0.452. The number of piperidine rings is 1. The normalized spacial score (nSPS) is 17.2. The largest absolute Gasteiger partial charge is 0.385 e. The number of hydrogen-bond acceptors (Lipinski definition) is 5. The van der Waals surface area contributed by atoms with Gasteiger partial charge in [0.05, 0.1) is 16.7 Å². The first kappa shape index (κ1) is 20.9. The average molecular weight is 404 g/mol. The van der Waals surface area contributed by atoms with Crippen molar-refractivity contribution in [2.24, 2.45) is 0 Å². The van der Waals surface area contributed by atoms with Gasteiger partial charge in [0, 0.05) is 32.8 Å². The molecule has 1 unspecified atom stereocenters. The maximum Gasteiger partial charge on any atom is 0.262 e. The van der Waals surface area contributed by atoms with E-state index in [4.69, 9.17) is 4.74 Å². The first-order chi connectivity index (χ1) is 13.7. The van der Waals surface area contributed by atoms with E-state index in [1.54, 1.807) is 17.7 Å². The number of fused-ring (bicyclic) bond motifs is 1. The van der Waals surface area contributed by atoms with Gasteiger partial charge in [-0.3, -0.25) is 14.2 Å². The first-order valence-electron chi connectivity index (χ1n) is 10.1. The molecule has 0 N–H and O–H groups in total. The quantitative estimate of drug-likeness (QED) is 0.384. The Morgan fingerprint density at radius 3 is 2.93 bits per heavy atom. The molecule has 1 fully saturated rings. The predicted octanol–water partition coefficient (Wildman–Crippen LogP) is 3.32. The van der Waals surface area contributed by atoms with Gasteiger partial charge in [-0.25, -0.2) is 4.98 Å². The zero-order valence-corrected chi connectivity index (χ0v) is 17.5. The standard InChI is InChI=1S/C21H29N3O3S/c1-3-16-9-6-7-12-23(16)19(25)15-28-21-22-18-11-5-4-10-17(18)20(26)24(21)13-8-14-27-2/h4-5,10-11,16H,3,6-9,12-15H2,1-2H3. The second-order valence-corrected chi connectivity index (χ2v) is 8.09. The molecule has 1 atom stereocenters. The lowest BCUT2D eigenvalue weighted by Gasteiger charge is -2.35. The van der Waals surface area contributed by atoms with E-state index in [1.807, 2.05) is 23.1 Å². The number of benzene rings is 1. The zero-order chi connectivity index (χ0) is 19.9. The predicted molar refractivity (Wildman–Crippen MR) is 113 cm³/mol. The highest BCUT2D eigenvalue weighted by Gasteiger charge is 2.25. The average Bonchev–Trinajstić information content (AvgIpc) is 2.73. The van der Waals surface area contributed by atoms with Gasteiger partial charge in [-0.1, -0.05) is 30.8 Å². The van der Waals surface area contributed by atoms with Crippen LogP contribution in [0.5, 0.6) is 0 Å². The van der Waals surface area contributed by atoms with Crippen LogP contribution >= 0.6 is 11.8 Å². The molecule has 7 heteroatoms. The van der Waals surface area contributed by atoms with Crippen molar-refractivity contribution < 1.29 is 9.53 Å². The van der Waals surface area contributed by atoms with E-state index in [0.29, 0.717) is 41.0 Å². The van der Waals surface area contributed by atoms with E-state index < -0.39 is 0 Å². The number of carbonyl (C=O) groups excluding carboxylic acids is 1. The minimum absolute atomic E-state index is 0.0546. The molecule has 1 amide bonds. The summed E-state index contributed by atoms with van der Waals surface area (Å²) < 4.78 is 6.82. The van der Waals surface area contributed by atoms with Gasteiger partial charge in [0.1, 0.15) is 0 Å². The van der Waals surface area contributed by atoms with E-state index in [9.17, 15) is 9.59 Å². The molecule has 0 radical (unpaired) electrons. The maximum atomic E-state index is 13.0. The number of rotatable bonds is 8. The summed E-state index contributed by atoms with van der Waals surface area (Å²) in [7, 11) is 1.65. The van der Waals surface area contributed by atoms with E-state index >= 15 is 0 Å². The van der Waals surface area contributed by atoms with Gasteiger partial charge >= 0.3 is 0 Å². The minimum Gasteiger partial charge on any atom is -0.385 e. The van der Waals surface area contributed by atoms with Crippen molar-refractivity contribution in [1.82, 2.24) is 14.5 Å². The number of hydrogen-bond donors (Lipinski definition) is 0. The number of thioether (sulfide) groups is 1. The molecule has 2 heterocycles. The molecule has 3 rings (SSSR count). The van der Waals surface area contributed by atoms with Crippen LogP contribution in [0.2, 0.25) is 0 Å². The number of nitrogens with zero attached hydrogens (tertiary/aromatic N) is 3. The number of methoxy groups -OCH3 is 1. The van der Waals surface area contributed by atoms with Crippen LogP contribution < -0.4 is 5.56 Å². The highest BCUT2D eigenvalue weighted by atomic mass is 32.2. The van der Waals surface area contributed by atoms with E-state index in [2.05, 4.69) is 11.9 Å². The van der Waals surface area contributed by atoms with Crippen molar-refractivity contribution in [3.63, 3.8) is 0 Å². The van der Waals surface area contributed by atoms with Gasteiger partial charge in [0.15, 0.2) is 5.16 Å². The Morgan fingerprint density at radius 2 is 2.14 bits per heavy atom. The molecule has 1 aromatic heterocycles. The fourth-order valence-corrected chi connectivity index (χ4v) is 4.70. The Balaban J connectivity index is 1.81. The summed E-state index contributed by atoms with van der Waals surface area (Å²) in [5, 5.41) is 1.22. The summed E-state index contributed by atoms with van der Waals surface area (Å²) in [4.78, 5) is 32.5. The van der Waals surface area contributed by atoms with Crippen LogP contribution in [0.25, 0.3) is 10.9 Å². The Bertz CT molecular complexity index is 868. The molecule has 152 valence electrons. The molecule has 0 saturated carbocycles. The highest BCUT2D eigenvalue weighted by Crippen LogP contribution is 2.23. The fraction of sp³-hybridized carbons (Fsp3) is 0.571. The van der Waals surface area contributed by atoms with E-state index in [0.717, 1.165) is 32.2 Å². The summed E-state index contributed by atoms with van der Waals surface area (Å²) >= 11 is 1.37. The van der Waals surface area contributed by atoms with Crippen molar-refractivity contribution in [3.05, 3.63) is 34.6 Å². The summed E-state index contributed by atoms with van der Waals surface area (Å²) in [6, 6.07) is 7.72. The van der Waals surface area contributed by atoms with Crippen molar-refractivity contribution in [1.29, 1.82) is 0 Å². The van der Waals surface area contributed by atoms with Crippen LogP contribution in [0.4, 0.5) is 0 Å². The number of ether oxygens (including phenoxy) is 1. The number of carbonyl (C=O) groups is 1. The first-order valence-corrected chi connectivity index (χ1v) is 11.0. The molecule has 1 saturated heterocycles. The summed E-state index contributed by atoms with van der Waals surface area (Å²) in [5.41, 5.74) is 0.621. The Kier molecular flexibility index (Phi) is 7.50. The molecule has 2 aromatic rings. The number of amides is 1. The summed E-state index contributed by atoms with van der Waals surface area (Å²) in [6.07, 6.45) is 5.07. The number of para-hydroxylation sites is 1. The van der Waals surface area contributed by atoms with Crippen molar-refractivity contribution in [2.75, 3.05) is 26.0 Å². The van der Waals surface area contributed by atoms with E-state index in [-0.39, 0.29) is 11.5 Å². The Morgan fingerprint density at radius 1 is 1.32 bits per heavy atom. The molecule has 1 aliphatic heterocycles. The van der Waals surface area contributed by atoms with Gasteiger partial charge in [-0.2, -0.15) is 0 Å². The fourth-order valence-electron chi connectivity index (χ4n) is 3.78. The molecule has 28 heavy (non-hydrogen) atoms. The van der Waals surface area contributed by atoms with Crippen LogP contribution in [0.15, 0.2) is 34.2 Å². The lowest BCUT2D eigenvalue weighted by molar-refractivity contribution is -0.132. The van der Waals surface area contributed by atoms with Crippen molar-refractivity contribution in [2.45, 2.75) is 56.8 Å². The topological polar surface area (TPSA) is 64.4 Å². The van der Waals surface area contributed by atoms with Crippen LogP contribution in [0, 0.1) is 0 Å². The van der Waals surface area contributed by atoms with Gasteiger partial charge < -0.3 is 9.64 Å². The van der Waals surface area contributed by atoms with Crippen LogP contribution in [-0.4, -0.2) is 52.4 Å². The van der Waals surface area contributed by atoms with Gasteiger partial charge in [0.25, 0.3) is 5.56 Å². The molecule has 0 bridgehead atoms. The third kappa shape index (κ3) is 4.75. The van der Waals surface area contributed by atoms with Gasteiger partial charge in [-0.05, 0) is 44.2 Å². The molecular weight excluding hydrogens is 374 g/mol. The summed E-state index contributed by atoms with van der Waals surface area (Å²) in [6.45, 7) is 4.09. The van der Waals surface area contributed by atoms with Gasteiger partial charge in [0.2, 0.25) is 5.91 Å². The maximum absolute atomic E-state index is 13.0. The van der Waals surface area contributed by atoms with Gasteiger partial charge in [-0.15, -0.1) is 0 Å². The molecular formula is C21H29N3O3S. The van der Waals surface area contributed by atoms with E-state index in [1.165, 1.54) is 18.2 Å². The minimum atomic E-state index is -0.0546. The molecule has 1 aromatic carbocycles. The zero-order valence-electron chi connectivity index (χ0n) is 16.7. The molecule has 6 nitrogen and oxygen atoms in total. The number of likely N-dealkylation sites (tertiary alicyclic amines) is 1. The van der Waals surface area contributed by atoms with Crippen LogP contribution in [0.1, 0.15) is 39.0 Å². The Labute approximate surface area is 170 Å².